The van der Waals surface area contributed by atoms with Gasteiger partial charge in [-0.2, -0.15) is 13.2 Å². The van der Waals surface area contributed by atoms with Crippen molar-refractivity contribution in [2.75, 3.05) is 16.2 Å². The van der Waals surface area contributed by atoms with Crippen LogP contribution >= 0.6 is 11.6 Å². The fourth-order valence-electron chi connectivity index (χ4n) is 3.12. The smallest absolute Gasteiger partial charge is 0.427 e. The average Bonchev–Trinajstić information content (AvgIpc) is 2.79. The van der Waals surface area contributed by atoms with Crippen LogP contribution < -0.4 is 14.4 Å². The average molecular weight is 597 g/mol. The van der Waals surface area contributed by atoms with Gasteiger partial charge in [-0.15, -0.1) is 0 Å². The number of carboxylic acids is 1. The first-order valence-corrected chi connectivity index (χ1v) is 12.5. The lowest BCUT2D eigenvalue weighted by atomic mass is 10.1. The molecule has 2 N–H and O–H groups in total. The highest BCUT2D eigenvalue weighted by atomic mass is 35.5. The highest BCUT2D eigenvalue weighted by molar-refractivity contribution is 7.92. The molecule has 16 heteroatoms. The Kier molecular flexibility index (Phi) is 8.23. The highest BCUT2D eigenvalue weighted by Crippen LogP contribution is 2.41. The van der Waals surface area contributed by atoms with Gasteiger partial charge in [-0.25, -0.2) is 22.0 Å². The number of anilines is 2. The number of nitrogens with one attached hydrogen (secondary N) is 1. The second-order valence-corrected chi connectivity index (χ2v) is 10.7. The Hall–Kier alpha value is -3.77. The number of carbonyl (C=O) groups excluding carboxylic acids is 1. The molecule has 0 aromatic heterocycles. The van der Waals surface area contributed by atoms with Crippen molar-refractivity contribution in [3.05, 3.63) is 47.0 Å². The molecule has 0 spiro atoms. The van der Waals surface area contributed by atoms with Crippen LogP contribution in [0.3, 0.4) is 0 Å². The third-order valence-electron chi connectivity index (χ3n) is 5.14. The summed E-state index contributed by atoms with van der Waals surface area (Å²) in [5.74, 6) is 0.486. The number of ether oxygens (including phenoxy) is 2. The lowest BCUT2D eigenvalue weighted by Gasteiger charge is -2.34. The van der Waals surface area contributed by atoms with Gasteiger partial charge in [-0.05, 0) is 38.1 Å². The molecule has 2 aromatic carbocycles. The van der Waals surface area contributed by atoms with Crippen LogP contribution in [0.5, 0.6) is 5.75 Å². The van der Waals surface area contributed by atoms with Crippen molar-refractivity contribution in [3.8, 4) is 17.6 Å². The Labute approximate surface area is 223 Å². The molecule has 0 bridgehead atoms. The van der Waals surface area contributed by atoms with Gasteiger partial charge in [0.15, 0.2) is 17.7 Å². The lowest BCUT2D eigenvalue weighted by Crippen LogP contribution is -2.44. The van der Waals surface area contributed by atoms with Crippen molar-refractivity contribution >= 4 is 45.1 Å². The molecule has 39 heavy (non-hydrogen) atoms. The van der Waals surface area contributed by atoms with E-state index in [1.807, 2.05) is 5.32 Å². The number of benzene rings is 2. The predicted octanol–water partition coefficient (Wildman–Crippen LogP) is 4.94. The van der Waals surface area contributed by atoms with Gasteiger partial charge in [0.25, 0.3) is 10.0 Å². The summed E-state index contributed by atoms with van der Waals surface area (Å²) >= 11 is 5.72. The van der Waals surface area contributed by atoms with E-state index in [0.717, 1.165) is 24.3 Å². The fourth-order valence-corrected chi connectivity index (χ4v) is 4.85. The van der Waals surface area contributed by atoms with E-state index in [-0.39, 0.29) is 0 Å². The Morgan fingerprint density at radius 2 is 1.87 bits per heavy atom. The zero-order chi connectivity index (χ0) is 29.3. The summed E-state index contributed by atoms with van der Waals surface area (Å²) in [7, 11) is -4.64. The number of fused-ring (bicyclic) bond motifs is 1. The molecular formula is C23H18ClF5N2O7S. The molecule has 210 valence electrons. The molecule has 0 saturated carbocycles. The molecule has 1 aliphatic heterocycles. The van der Waals surface area contributed by atoms with Gasteiger partial charge >= 0.3 is 18.2 Å². The van der Waals surface area contributed by atoms with Crippen LogP contribution in [-0.4, -0.2) is 50.0 Å². The highest BCUT2D eigenvalue weighted by Gasteiger charge is 2.51. The van der Waals surface area contributed by atoms with E-state index in [4.69, 9.17) is 21.4 Å². The zero-order valence-electron chi connectivity index (χ0n) is 19.9. The van der Waals surface area contributed by atoms with Crippen molar-refractivity contribution in [1.82, 2.24) is 0 Å². The van der Waals surface area contributed by atoms with Crippen molar-refractivity contribution in [2.45, 2.75) is 43.0 Å². The number of aliphatic carboxylic acids is 1. The molecule has 9 nitrogen and oxygen atoms in total. The molecule has 1 amide bonds. The van der Waals surface area contributed by atoms with E-state index in [2.05, 4.69) is 16.6 Å². The SMILES string of the molecule is CC(C)(OC(=O)Nc1cc(F)c2c(c1)N(S(=O)(=O)c1ccc(F)c(Cl)c1)CC(C#CCC(=O)O)O2)C(F)(F)F. The van der Waals surface area contributed by atoms with Crippen molar-refractivity contribution in [2.24, 2.45) is 0 Å². The maximum atomic E-state index is 15.1. The van der Waals surface area contributed by atoms with Gasteiger partial charge in [-0.3, -0.25) is 14.4 Å². The van der Waals surface area contributed by atoms with Gasteiger partial charge in [-0.1, -0.05) is 23.4 Å². The molecule has 3 rings (SSSR count). The Morgan fingerprint density at radius 3 is 2.46 bits per heavy atom. The van der Waals surface area contributed by atoms with Crippen LogP contribution in [-0.2, 0) is 19.6 Å². The second-order valence-electron chi connectivity index (χ2n) is 8.44. The summed E-state index contributed by atoms with van der Waals surface area (Å²) in [6, 6.07) is 3.97. The number of carboxylic acid groups (broad SMARTS) is 1. The van der Waals surface area contributed by atoms with Crippen LogP contribution in [0.1, 0.15) is 20.3 Å². The number of hydrogen-bond donors (Lipinski definition) is 2. The minimum atomic E-state index is -4.93. The number of carbonyl (C=O) groups is 2. The number of amides is 1. The molecule has 1 heterocycles. The third kappa shape index (κ3) is 6.63. The second kappa shape index (κ2) is 10.8. The third-order valence-corrected chi connectivity index (χ3v) is 7.21. The summed E-state index contributed by atoms with van der Waals surface area (Å²) < 4.78 is 105. The normalized spacial score (nSPS) is 15.4. The molecular weight excluding hydrogens is 579 g/mol. The van der Waals surface area contributed by atoms with Gasteiger partial charge in [0.2, 0.25) is 5.60 Å². The molecule has 0 aliphatic carbocycles. The molecule has 2 aromatic rings. The quantitative estimate of drug-likeness (QED) is 0.370. The topological polar surface area (TPSA) is 122 Å². The Bertz CT molecular complexity index is 1490. The summed E-state index contributed by atoms with van der Waals surface area (Å²) in [6.45, 7) is 0.550. The number of sulfonamides is 1. The standard InChI is InChI=1S/C23H18ClF5N2O7S/c1-22(2,23(27,28)29)38-21(34)30-12-8-17(26)20-18(9-12)31(11-13(37-20)4-3-5-19(32)33)39(35,36)14-6-7-16(25)15(24)10-14/h6-10,13H,5,11H2,1-2H3,(H,30,34)(H,32,33). The summed E-state index contributed by atoms with van der Waals surface area (Å²) in [5, 5.41) is 10.1. The molecule has 0 fully saturated rings. The molecule has 0 saturated heterocycles. The van der Waals surface area contributed by atoms with Gasteiger partial charge in [0, 0.05) is 11.8 Å². The monoisotopic (exact) mass is 596 g/mol. The minimum Gasteiger partial charge on any atom is -0.481 e. The van der Waals surface area contributed by atoms with Gasteiger partial charge < -0.3 is 14.6 Å². The number of hydrogen-bond acceptors (Lipinski definition) is 6. The first kappa shape index (κ1) is 29.8. The van der Waals surface area contributed by atoms with E-state index in [1.54, 1.807) is 0 Å². The van der Waals surface area contributed by atoms with E-state index < -0.39 is 91.6 Å². The van der Waals surface area contributed by atoms with E-state index in [0.29, 0.717) is 24.2 Å². The van der Waals surface area contributed by atoms with E-state index in [9.17, 15) is 35.6 Å². The zero-order valence-corrected chi connectivity index (χ0v) is 21.5. The van der Waals surface area contributed by atoms with Gasteiger partial charge in [0.05, 0.1) is 22.2 Å². The van der Waals surface area contributed by atoms with Gasteiger partial charge in [0.1, 0.15) is 12.2 Å². The predicted molar refractivity (Wildman–Crippen MR) is 127 cm³/mol. The van der Waals surface area contributed by atoms with E-state index in [1.165, 1.54) is 0 Å². The molecule has 1 unspecified atom stereocenters. The summed E-state index contributed by atoms with van der Waals surface area (Å²) in [5.41, 5.74) is -3.91. The van der Waals surface area contributed by atoms with Crippen LogP contribution in [0.25, 0.3) is 0 Å². The maximum Gasteiger partial charge on any atom is 0.427 e. The van der Waals surface area contributed by atoms with Crippen molar-refractivity contribution < 1.29 is 54.5 Å². The van der Waals surface area contributed by atoms with Crippen molar-refractivity contribution in [1.29, 1.82) is 0 Å². The minimum absolute atomic E-state index is 0.495. The summed E-state index contributed by atoms with van der Waals surface area (Å²) in [6.07, 6.45) is -8.55. The molecule has 0 radical (unpaired) electrons. The first-order chi connectivity index (χ1) is 17.9. The van der Waals surface area contributed by atoms with Crippen LogP contribution in [0.2, 0.25) is 5.02 Å². The molecule has 1 atom stereocenters. The number of alkyl halides is 3. The number of nitrogens with zero attached hydrogens (tertiary/aromatic N) is 1. The molecule has 1 aliphatic rings. The van der Waals surface area contributed by atoms with Crippen molar-refractivity contribution in [3.63, 3.8) is 0 Å². The van der Waals surface area contributed by atoms with Crippen LogP contribution in [0.15, 0.2) is 35.2 Å². The Morgan fingerprint density at radius 1 is 1.21 bits per heavy atom. The van der Waals surface area contributed by atoms with Crippen LogP contribution in [0.4, 0.5) is 38.1 Å². The first-order valence-electron chi connectivity index (χ1n) is 10.7. The fraction of sp³-hybridized carbons (Fsp3) is 0.304. The largest absolute Gasteiger partial charge is 0.481 e. The lowest BCUT2D eigenvalue weighted by molar-refractivity contribution is -0.242. The summed E-state index contributed by atoms with van der Waals surface area (Å²) in [4.78, 5) is 22.4. The van der Waals surface area contributed by atoms with Crippen LogP contribution in [0, 0.1) is 23.5 Å². The maximum absolute atomic E-state index is 15.1. The number of rotatable bonds is 5. The Balaban J connectivity index is 2.06. The van der Waals surface area contributed by atoms with E-state index >= 15 is 4.39 Å². The number of halogens is 6.